The summed E-state index contributed by atoms with van der Waals surface area (Å²) in [5.74, 6) is 0.0633. The molecule has 0 aromatic carbocycles. The van der Waals surface area contributed by atoms with Crippen LogP contribution in [0.2, 0.25) is 0 Å². The molecule has 1 heterocycles. The topological polar surface area (TPSA) is 80.9 Å². The zero-order chi connectivity index (χ0) is 12.2. The van der Waals surface area contributed by atoms with Crippen molar-refractivity contribution in [1.82, 2.24) is 15.3 Å². The highest BCUT2D eigenvalue weighted by Gasteiger charge is 2.28. The summed E-state index contributed by atoms with van der Waals surface area (Å²) in [6.45, 7) is 6.37. The van der Waals surface area contributed by atoms with E-state index in [-0.39, 0.29) is 11.8 Å². The van der Waals surface area contributed by atoms with E-state index in [9.17, 15) is 4.79 Å². The number of nitrogens with zero attached hydrogens (tertiary/aromatic N) is 2. The third kappa shape index (κ3) is 2.76. The van der Waals surface area contributed by atoms with Crippen LogP contribution in [0.3, 0.4) is 0 Å². The van der Waals surface area contributed by atoms with Gasteiger partial charge in [-0.1, -0.05) is 13.8 Å². The van der Waals surface area contributed by atoms with Gasteiger partial charge in [0.2, 0.25) is 0 Å². The third-order valence-electron chi connectivity index (χ3n) is 2.92. The number of nitrogens with two attached hydrogens (primary N) is 1. The van der Waals surface area contributed by atoms with Crippen LogP contribution >= 0.6 is 0 Å². The Hall–Kier alpha value is -1.49. The van der Waals surface area contributed by atoms with Crippen LogP contribution in [0.4, 0.5) is 0 Å². The van der Waals surface area contributed by atoms with Gasteiger partial charge in [-0.15, -0.1) is 0 Å². The molecule has 1 rings (SSSR count). The van der Waals surface area contributed by atoms with Crippen molar-refractivity contribution < 1.29 is 4.79 Å². The number of rotatable bonds is 4. The SMILES string of the molecule is CC(C)C(C)(CN)NC(=O)c1cncnc1. The summed E-state index contributed by atoms with van der Waals surface area (Å²) in [6, 6.07) is 0. The van der Waals surface area contributed by atoms with Crippen molar-refractivity contribution in [3.63, 3.8) is 0 Å². The van der Waals surface area contributed by atoms with E-state index in [0.29, 0.717) is 12.1 Å². The Balaban J connectivity index is 2.78. The number of hydrogen-bond donors (Lipinski definition) is 2. The van der Waals surface area contributed by atoms with E-state index in [4.69, 9.17) is 5.73 Å². The molecule has 5 nitrogen and oxygen atoms in total. The molecule has 0 bridgehead atoms. The van der Waals surface area contributed by atoms with E-state index in [0.717, 1.165) is 0 Å². The lowest BCUT2D eigenvalue weighted by atomic mass is 9.88. The first-order valence-electron chi connectivity index (χ1n) is 5.27. The van der Waals surface area contributed by atoms with Crippen LogP contribution in [-0.2, 0) is 0 Å². The number of aromatic nitrogens is 2. The number of nitrogens with one attached hydrogen (secondary N) is 1. The van der Waals surface area contributed by atoms with Crippen molar-refractivity contribution >= 4 is 5.91 Å². The van der Waals surface area contributed by atoms with Gasteiger partial charge >= 0.3 is 0 Å². The Morgan fingerprint density at radius 1 is 1.50 bits per heavy atom. The molecule has 0 aliphatic heterocycles. The standard InChI is InChI=1S/C11H18N4O/c1-8(2)11(3,6-12)15-10(16)9-4-13-7-14-5-9/h4-5,7-8H,6,12H2,1-3H3,(H,15,16). The van der Waals surface area contributed by atoms with Crippen molar-refractivity contribution in [2.45, 2.75) is 26.3 Å². The van der Waals surface area contributed by atoms with Gasteiger partial charge in [0.1, 0.15) is 6.33 Å². The fraction of sp³-hybridized carbons (Fsp3) is 0.545. The molecule has 0 aliphatic carbocycles. The fourth-order valence-electron chi connectivity index (χ4n) is 1.18. The molecule has 16 heavy (non-hydrogen) atoms. The summed E-state index contributed by atoms with van der Waals surface area (Å²) in [6.07, 6.45) is 4.36. The molecule has 1 aromatic heterocycles. The van der Waals surface area contributed by atoms with Gasteiger partial charge in [-0.2, -0.15) is 0 Å². The van der Waals surface area contributed by atoms with Crippen LogP contribution in [0, 0.1) is 5.92 Å². The Kier molecular flexibility index (Phi) is 3.95. The van der Waals surface area contributed by atoms with Gasteiger partial charge < -0.3 is 11.1 Å². The van der Waals surface area contributed by atoms with Crippen LogP contribution in [0.1, 0.15) is 31.1 Å². The minimum Gasteiger partial charge on any atom is -0.345 e. The third-order valence-corrected chi connectivity index (χ3v) is 2.92. The first kappa shape index (κ1) is 12.6. The minimum atomic E-state index is -0.410. The van der Waals surface area contributed by atoms with Gasteiger partial charge in [-0.25, -0.2) is 9.97 Å². The summed E-state index contributed by atoms with van der Waals surface area (Å²) >= 11 is 0. The predicted molar refractivity (Wildman–Crippen MR) is 61.8 cm³/mol. The molecule has 0 saturated carbocycles. The van der Waals surface area contributed by atoms with Crippen molar-refractivity contribution in [2.75, 3.05) is 6.54 Å². The largest absolute Gasteiger partial charge is 0.345 e. The van der Waals surface area contributed by atoms with Crippen LogP contribution in [0.25, 0.3) is 0 Å². The lowest BCUT2D eigenvalue weighted by Crippen LogP contribution is -2.55. The smallest absolute Gasteiger partial charge is 0.254 e. The van der Waals surface area contributed by atoms with E-state index >= 15 is 0 Å². The Morgan fingerprint density at radius 2 is 2.06 bits per heavy atom. The molecule has 1 amide bonds. The van der Waals surface area contributed by atoms with Crippen molar-refractivity contribution in [1.29, 1.82) is 0 Å². The first-order chi connectivity index (χ1) is 7.49. The van der Waals surface area contributed by atoms with Crippen LogP contribution in [0.5, 0.6) is 0 Å². The van der Waals surface area contributed by atoms with Crippen molar-refractivity contribution in [3.05, 3.63) is 24.3 Å². The second-order valence-electron chi connectivity index (χ2n) is 4.36. The molecule has 1 aromatic rings. The Labute approximate surface area is 95.5 Å². The predicted octanol–water partition coefficient (Wildman–Crippen LogP) is 0.580. The van der Waals surface area contributed by atoms with Gasteiger partial charge in [0, 0.05) is 18.9 Å². The summed E-state index contributed by atoms with van der Waals surface area (Å²) in [5.41, 5.74) is 5.73. The summed E-state index contributed by atoms with van der Waals surface area (Å²) in [5, 5.41) is 2.91. The quantitative estimate of drug-likeness (QED) is 0.780. The van der Waals surface area contributed by atoms with E-state index in [2.05, 4.69) is 15.3 Å². The second kappa shape index (κ2) is 5.03. The minimum absolute atomic E-state index is 0.192. The monoisotopic (exact) mass is 222 g/mol. The number of carbonyl (C=O) groups excluding carboxylic acids is 1. The molecule has 5 heteroatoms. The molecule has 0 aliphatic rings. The number of amides is 1. The molecule has 3 N–H and O–H groups in total. The molecule has 0 spiro atoms. The van der Waals surface area contributed by atoms with Gasteiger partial charge in [0.25, 0.3) is 5.91 Å². The highest BCUT2D eigenvalue weighted by atomic mass is 16.1. The highest BCUT2D eigenvalue weighted by Crippen LogP contribution is 2.15. The van der Waals surface area contributed by atoms with E-state index < -0.39 is 5.54 Å². The summed E-state index contributed by atoms with van der Waals surface area (Å²) < 4.78 is 0. The average Bonchev–Trinajstić information content (AvgIpc) is 2.29. The molecule has 0 radical (unpaired) electrons. The van der Waals surface area contributed by atoms with Gasteiger partial charge in [-0.3, -0.25) is 4.79 Å². The molecular formula is C11H18N4O. The maximum absolute atomic E-state index is 11.9. The molecule has 1 unspecified atom stereocenters. The lowest BCUT2D eigenvalue weighted by Gasteiger charge is -2.33. The Morgan fingerprint density at radius 3 is 2.50 bits per heavy atom. The maximum atomic E-state index is 11.9. The lowest BCUT2D eigenvalue weighted by molar-refractivity contribution is 0.0882. The zero-order valence-corrected chi connectivity index (χ0v) is 9.90. The van der Waals surface area contributed by atoms with Crippen LogP contribution in [-0.4, -0.2) is 28.0 Å². The van der Waals surface area contributed by atoms with Crippen LogP contribution in [0.15, 0.2) is 18.7 Å². The first-order valence-corrected chi connectivity index (χ1v) is 5.27. The number of hydrogen-bond acceptors (Lipinski definition) is 4. The molecule has 0 saturated heterocycles. The summed E-state index contributed by atoms with van der Waals surface area (Å²) in [4.78, 5) is 19.5. The molecule has 1 atom stereocenters. The average molecular weight is 222 g/mol. The zero-order valence-electron chi connectivity index (χ0n) is 9.90. The van der Waals surface area contributed by atoms with E-state index in [1.54, 1.807) is 0 Å². The number of carbonyl (C=O) groups is 1. The normalized spacial score (nSPS) is 14.6. The Bertz CT molecular complexity index is 352. The van der Waals surface area contributed by atoms with E-state index in [1.165, 1.54) is 18.7 Å². The second-order valence-corrected chi connectivity index (χ2v) is 4.36. The maximum Gasteiger partial charge on any atom is 0.254 e. The van der Waals surface area contributed by atoms with Crippen LogP contribution < -0.4 is 11.1 Å². The van der Waals surface area contributed by atoms with Crippen molar-refractivity contribution in [2.24, 2.45) is 11.7 Å². The van der Waals surface area contributed by atoms with Gasteiger partial charge in [-0.05, 0) is 12.8 Å². The molecule has 88 valence electrons. The van der Waals surface area contributed by atoms with Crippen molar-refractivity contribution in [3.8, 4) is 0 Å². The summed E-state index contributed by atoms with van der Waals surface area (Å²) in [7, 11) is 0. The van der Waals surface area contributed by atoms with E-state index in [1.807, 2.05) is 20.8 Å². The highest BCUT2D eigenvalue weighted by molar-refractivity contribution is 5.94. The van der Waals surface area contributed by atoms with Gasteiger partial charge in [0.05, 0.1) is 11.1 Å². The van der Waals surface area contributed by atoms with Gasteiger partial charge in [0.15, 0.2) is 0 Å². The fourth-order valence-corrected chi connectivity index (χ4v) is 1.18. The molecular weight excluding hydrogens is 204 g/mol. The molecule has 0 fully saturated rings.